The summed E-state index contributed by atoms with van der Waals surface area (Å²) in [4.78, 5) is 23.9. The van der Waals surface area contributed by atoms with E-state index in [1.54, 1.807) is 12.2 Å². The van der Waals surface area contributed by atoms with Gasteiger partial charge in [-0.1, -0.05) is 25.5 Å². The van der Waals surface area contributed by atoms with Gasteiger partial charge in [-0.25, -0.2) is 4.79 Å². The van der Waals surface area contributed by atoms with Crippen LogP contribution in [0.5, 0.6) is 0 Å². The number of carbonyl (C=O) groups is 2. The van der Waals surface area contributed by atoms with Gasteiger partial charge in [0.15, 0.2) is 11.9 Å². The zero-order valence-electron chi connectivity index (χ0n) is 16.7. The number of esters is 1. The van der Waals surface area contributed by atoms with Crippen LogP contribution in [0.2, 0.25) is 0 Å². The minimum absolute atomic E-state index is 0.00231. The molecule has 0 heterocycles. The second kappa shape index (κ2) is 6.25. The molecule has 0 saturated heterocycles. The Morgan fingerprint density at radius 3 is 2.71 bits per heavy atom. The number of aliphatic hydroxyl groups is 3. The summed E-state index contributed by atoms with van der Waals surface area (Å²) >= 11 is 0. The summed E-state index contributed by atoms with van der Waals surface area (Å²) in [6.07, 6.45) is 5.82. The Kier molecular flexibility index (Phi) is 4.42. The predicted molar refractivity (Wildman–Crippen MR) is 101 cm³/mol. The summed E-state index contributed by atoms with van der Waals surface area (Å²) in [5, 5.41) is 33.2. The molecule has 0 amide bonds. The van der Waals surface area contributed by atoms with Crippen molar-refractivity contribution in [3.8, 4) is 0 Å². The Balaban J connectivity index is 1.72. The Morgan fingerprint density at radius 1 is 1.32 bits per heavy atom. The summed E-state index contributed by atoms with van der Waals surface area (Å²) in [6, 6.07) is 0. The molecule has 0 aromatic carbocycles. The Labute approximate surface area is 165 Å². The highest BCUT2D eigenvalue weighted by Gasteiger charge is 2.68. The van der Waals surface area contributed by atoms with E-state index in [0.29, 0.717) is 19.3 Å². The van der Waals surface area contributed by atoms with E-state index in [0.717, 1.165) is 18.4 Å². The van der Waals surface area contributed by atoms with Crippen molar-refractivity contribution in [1.82, 2.24) is 0 Å². The first-order valence-electron chi connectivity index (χ1n) is 10.2. The molecule has 3 saturated carbocycles. The molecular weight excluding hydrogens is 360 g/mol. The molecule has 3 N–H and O–H groups in total. The van der Waals surface area contributed by atoms with Gasteiger partial charge in [0.25, 0.3) is 0 Å². The summed E-state index contributed by atoms with van der Waals surface area (Å²) < 4.78 is 4.68. The highest BCUT2D eigenvalue weighted by molar-refractivity contribution is 6.01. The number of fused-ring (bicyclic) bond motifs is 5. The van der Waals surface area contributed by atoms with Gasteiger partial charge in [0, 0.05) is 16.7 Å². The predicted octanol–water partition coefficient (Wildman–Crippen LogP) is 1.53. The first kappa shape index (κ1) is 19.8. The van der Waals surface area contributed by atoms with Crippen LogP contribution < -0.4 is 0 Å². The fourth-order valence-corrected chi connectivity index (χ4v) is 7.12. The molecule has 4 aliphatic carbocycles. The fraction of sp³-hybridized carbons (Fsp3) is 0.727. The minimum atomic E-state index is -1.63. The summed E-state index contributed by atoms with van der Waals surface area (Å²) in [5.74, 6) is -0.664. The number of hydrogen-bond acceptors (Lipinski definition) is 6. The average Bonchev–Trinajstić information content (AvgIpc) is 2.92. The second-order valence-corrected chi connectivity index (χ2v) is 9.60. The molecular formula is C22H30O6. The standard InChI is InChI=1S/C22H30O6/c1-20-8-6-13(23)10-12(20)4-5-14-15-7-9-22(27,18(25)19(26)28-3)21(15,2)11-16(24)17(14)20/h6,8,10,14-18,24-25,27H,4-5,7,9,11H2,1-3H3/t14-,15-,16-,17+,18?,20-,21-,22-/m0/s1. The lowest BCUT2D eigenvalue weighted by atomic mass is 9.46. The van der Waals surface area contributed by atoms with Gasteiger partial charge in [-0.15, -0.1) is 0 Å². The van der Waals surface area contributed by atoms with Crippen molar-refractivity contribution in [2.45, 2.75) is 63.8 Å². The van der Waals surface area contributed by atoms with Crippen LogP contribution in [0.1, 0.15) is 46.0 Å². The number of allylic oxidation sites excluding steroid dienone is 4. The van der Waals surface area contributed by atoms with Crippen LogP contribution in [-0.2, 0) is 14.3 Å². The molecule has 4 rings (SSSR count). The third-order valence-electron chi connectivity index (χ3n) is 8.59. The summed E-state index contributed by atoms with van der Waals surface area (Å²) in [6.45, 7) is 3.99. The van der Waals surface area contributed by atoms with Crippen LogP contribution in [0.25, 0.3) is 0 Å². The maximum atomic E-state index is 12.0. The van der Waals surface area contributed by atoms with Crippen LogP contribution in [0.4, 0.5) is 0 Å². The van der Waals surface area contributed by atoms with Crippen LogP contribution in [0.3, 0.4) is 0 Å². The fourth-order valence-electron chi connectivity index (χ4n) is 7.12. The van der Waals surface area contributed by atoms with Crippen LogP contribution in [0.15, 0.2) is 23.8 Å². The van der Waals surface area contributed by atoms with Crippen LogP contribution in [0, 0.1) is 28.6 Å². The molecule has 154 valence electrons. The highest BCUT2D eigenvalue weighted by atomic mass is 16.5. The number of hydrogen-bond donors (Lipinski definition) is 3. The molecule has 0 aromatic rings. The van der Waals surface area contributed by atoms with Gasteiger partial charge in [0.2, 0.25) is 0 Å². The van der Waals surface area contributed by atoms with Gasteiger partial charge in [-0.05, 0) is 56.1 Å². The first-order valence-corrected chi connectivity index (χ1v) is 10.2. The van der Waals surface area contributed by atoms with Crippen molar-refractivity contribution >= 4 is 11.8 Å². The van der Waals surface area contributed by atoms with Gasteiger partial charge in [-0.2, -0.15) is 0 Å². The molecule has 0 spiro atoms. The molecule has 8 atom stereocenters. The van der Waals surface area contributed by atoms with Crippen molar-refractivity contribution in [1.29, 1.82) is 0 Å². The van der Waals surface area contributed by atoms with E-state index >= 15 is 0 Å². The van der Waals surface area contributed by atoms with Gasteiger partial charge < -0.3 is 20.1 Å². The Bertz CT molecular complexity index is 771. The number of methoxy groups -OCH3 is 1. The van der Waals surface area contributed by atoms with Crippen molar-refractivity contribution < 1.29 is 29.6 Å². The van der Waals surface area contributed by atoms with Gasteiger partial charge >= 0.3 is 5.97 Å². The second-order valence-electron chi connectivity index (χ2n) is 9.60. The number of rotatable bonds is 2. The van der Waals surface area contributed by atoms with Crippen molar-refractivity contribution in [2.75, 3.05) is 7.11 Å². The van der Waals surface area contributed by atoms with E-state index in [4.69, 9.17) is 0 Å². The van der Waals surface area contributed by atoms with E-state index < -0.39 is 29.2 Å². The number of ether oxygens (including phenoxy) is 1. The van der Waals surface area contributed by atoms with Crippen molar-refractivity contribution in [3.05, 3.63) is 23.8 Å². The molecule has 0 radical (unpaired) electrons. The van der Waals surface area contributed by atoms with E-state index in [1.807, 2.05) is 13.0 Å². The van der Waals surface area contributed by atoms with E-state index in [-0.39, 0.29) is 29.0 Å². The number of carbonyl (C=O) groups excluding carboxylic acids is 2. The quantitative estimate of drug-likeness (QED) is 0.618. The molecule has 1 unspecified atom stereocenters. The minimum Gasteiger partial charge on any atom is -0.467 e. The Morgan fingerprint density at radius 2 is 2.04 bits per heavy atom. The van der Waals surface area contributed by atoms with E-state index in [2.05, 4.69) is 11.7 Å². The maximum absolute atomic E-state index is 12.0. The number of ketones is 1. The molecule has 0 aromatic heterocycles. The molecule has 4 aliphatic rings. The zero-order chi connectivity index (χ0) is 20.5. The first-order chi connectivity index (χ1) is 13.1. The molecule has 28 heavy (non-hydrogen) atoms. The van der Waals surface area contributed by atoms with Crippen LogP contribution in [-0.4, -0.2) is 52.0 Å². The van der Waals surface area contributed by atoms with Crippen LogP contribution >= 0.6 is 0 Å². The largest absolute Gasteiger partial charge is 0.467 e. The molecule has 3 fully saturated rings. The normalized spacial score (nSPS) is 48.2. The monoisotopic (exact) mass is 390 g/mol. The highest BCUT2D eigenvalue weighted by Crippen LogP contribution is 2.67. The smallest absolute Gasteiger partial charge is 0.337 e. The topological polar surface area (TPSA) is 104 Å². The third kappa shape index (κ3) is 2.37. The van der Waals surface area contributed by atoms with E-state index in [9.17, 15) is 24.9 Å². The lowest BCUT2D eigenvalue weighted by Gasteiger charge is -2.60. The lowest BCUT2D eigenvalue weighted by molar-refractivity contribution is -0.209. The van der Waals surface area contributed by atoms with Gasteiger partial charge in [0.1, 0.15) is 5.60 Å². The SMILES string of the molecule is COC(=O)C(O)[C@@]1(O)CC[C@H]2[C@@H]3CCC4=CC(=O)C=C[C@]4(C)[C@H]3[C@@H](O)C[C@@]21C. The molecule has 0 bridgehead atoms. The summed E-state index contributed by atoms with van der Waals surface area (Å²) in [7, 11) is 1.20. The zero-order valence-corrected chi connectivity index (χ0v) is 16.7. The Hall–Kier alpha value is -1.50. The molecule has 6 nitrogen and oxygen atoms in total. The molecule has 0 aliphatic heterocycles. The lowest BCUT2D eigenvalue weighted by Crippen LogP contribution is -2.63. The average molecular weight is 390 g/mol. The van der Waals surface area contributed by atoms with Gasteiger partial charge in [-0.3, -0.25) is 4.79 Å². The van der Waals surface area contributed by atoms with E-state index in [1.165, 1.54) is 7.11 Å². The van der Waals surface area contributed by atoms with Gasteiger partial charge in [0.05, 0.1) is 13.2 Å². The van der Waals surface area contributed by atoms with Crippen molar-refractivity contribution in [3.63, 3.8) is 0 Å². The maximum Gasteiger partial charge on any atom is 0.337 e. The van der Waals surface area contributed by atoms with Crippen molar-refractivity contribution in [2.24, 2.45) is 28.6 Å². The summed E-state index contributed by atoms with van der Waals surface area (Å²) in [5.41, 5.74) is -1.70. The molecule has 6 heteroatoms. The third-order valence-corrected chi connectivity index (χ3v) is 8.59. The number of aliphatic hydroxyl groups excluding tert-OH is 2.